The third-order valence-electron chi connectivity index (χ3n) is 5.64. The van der Waals surface area contributed by atoms with Gasteiger partial charge in [0.15, 0.2) is 11.6 Å². The molecular formula is C25H28BrN3O4. The van der Waals surface area contributed by atoms with Crippen LogP contribution in [0.4, 0.5) is 0 Å². The zero-order valence-electron chi connectivity index (χ0n) is 18.3. The van der Waals surface area contributed by atoms with Crippen LogP contribution in [-0.2, 0) is 9.53 Å². The van der Waals surface area contributed by atoms with Crippen molar-refractivity contribution >= 4 is 27.7 Å². The maximum atomic E-state index is 13.5. The van der Waals surface area contributed by atoms with Crippen molar-refractivity contribution in [3.8, 4) is 5.75 Å². The number of carbonyl (C=O) groups excluding carboxylic acids is 1. The summed E-state index contributed by atoms with van der Waals surface area (Å²) in [6.07, 6.45) is 4.03. The van der Waals surface area contributed by atoms with Crippen molar-refractivity contribution in [1.29, 1.82) is 0 Å². The van der Waals surface area contributed by atoms with Gasteiger partial charge in [-0.2, -0.15) is 0 Å². The maximum Gasteiger partial charge on any atom is 0.266 e. The molecule has 2 atom stereocenters. The van der Waals surface area contributed by atoms with Crippen LogP contribution in [0.15, 0.2) is 70.7 Å². The molecule has 174 valence electrons. The van der Waals surface area contributed by atoms with E-state index in [0.717, 1.165) is 28.4 Å². The first-order valence-corrected chi connectivity index (χ1v) is 11.9. The molecule has 0 bridgehead atoms. The number of hydrogen-bond donors (Lipinski definition) is 3. The summed E-state index contributed by atoms with van der Waals surface area (Å²) in [6.45, 7) is 4.41. The van der Waals surface area contributed by atoms with Crippen LogP contribution in [-0.4, -0.2) is 41.7 Å². The van der Waals surface area contributed by atoms with Gasteiger partial charge in [0.2, 0.25) is 5.90 Å². The Labute approximate surface area is 202 Å². The lowest BCUT2D eigenvalue weighted by molar-refractivity contribution is -0.130. The second kappa shape index (κ2) is 10.5. The third kappa shape index (κ3) is 5.29. The number of carbonyl (C=O) groups is 1. The minimum atomic E-state index is -1.21. The summed E-state index contributed by atoms with van der Waals surface area (Å²) in [4.78, 5) is 18.4. The molecule has 2 aliphatic rings. The average Bonchev–Trinajstić information content (AvgIpc) is 3.58. The van der Waals surface area contributed by atoms with Gasteiger partial charge in [-0.25, -0.2) is 10.4 Å². The fourth-order valence-electron chi connectivity index (χ4n) is 3.70. The van der Waals surface area contributed by atoms with Gasteiger partial charge in [0, 0.05) is 41.1 Å². The van der Waals surface area contributed by atoms with E-state index in [0.29, 0.717) is 37.1 Å². The van der Waals surface area contributed by atoms with E-state index in [2.05, 4.69) is 33.4 Å². The zero-order chi connectivity index (χ0) is 23.3. The van der Waals surface area contributed by atoms with Gasteiger partial charge in [-0.15, -0.1) is 6.58 Å². The van der Waals surface area contributed by atoms with E-state index in [9.17, 15) is 4.79 Å². The molecule has 0 unspecified atom stereocenters. The molecule has 8 heteroatoms. The van der Waals surface area contributed by atoms with Crippen molar-refractivity contribution in [2.45, 2.75) is 43.4 Å². The molecule has 7 nitrogen and oxygen atoms in total. The van der Waals surface area contributed by atoms with Gasteiger partial charge in [0.1, 0.15) is 5.75 Å². The van der Waals surface area contributed by atoms with Gasteiger partial charge in [-0.05, 0) is 43.2 Å². The summed E-state index contributed by atoms with van der Waals surface area (Å²) >= 11 is 3.61. The van der Waals surface area contributed by atoms with Gasteiger partial charge >= 0.3 is 0 Å². The van der Waals surface area contributed by atoms with Crippen LogP contribution < -0.4 is 15.6 Å². The fourth-order valence-corrected chi connectivity index (χ4v) is 4.20. The molecule has 1 aliphatic heterocycles. The van der Waals surface area contributed by atoms with Gasteiger partial charge in [-0.3, -0.25) is 10.2 Å². The number of ether oxygens (including phenoxy) is 2. The predicted octanol–water partition coefficient (Wildman–Crippen LogP) is 3.83. The first-order chi connectivity index (χ1) is 16.1. The van der Waals surface area contributed by atoms with Gasteiger partial charge in [-0.1, -0.05) is 40.2 Å². The highest BCUT2D eigenvalue weighted by Crippen LogP contribution is 2.44. The number of hydrogen-bond acceptors (Lipinski definition) is 6. The van der Waals surface area contributed by atoms with E-state index in [-0.39, 0.29) is 12.5 Å². The fraction of sp³-hybridized carbons (Fsp3) is 0.360. The number of hydrazine groups is 1. The largest absolute Gasteiger partial charge is 0.494 e. The van der Waals surface area contributed by atoms with Crippen LogP contribution in [0, 0.1) is 0 Å². The predicted molar refractivity (Wildman–Crippen MR) is 130 cm³/mol. The van der Waals surface area contributed by atoms with Gasteiger partial charge < -0.3 is 14.6 Å². The maximum absolute atomic E-state index is 13.5. The highest BCUT2D eigenvalue weighted by atomic mass is 79.9. The second-order valence-electron chi connectivity index (χ2n) is 8.18. The highest BCUT2D eigenvalue weighted by Gasteiger charge is 2.53. The molecule has 0 aromatic heterocycles. The lowest BCUT2D eigenvalue weighted by atomic mass is 9.84. The van der Waals surface area contributed by atoms with E-state index in [1.54, 1.807) is 6.08 Å². The summed E-state index contributed by atoms with van der Waals surface area (Å²) in [5.74, 6) is 0.826. The summed E-state index contributed by atoms with van der Waals surface area (Å²) in [5, 5.41) is 8.92. The number of benzene rings is 2. The van der Waals surface area contributed by atoms with Crippen molar-refractivity contribution in [2.75, 3.05) is 13.2 Å². The van der Waals surface area contributed by atoms with Crippen LogP contribution in [0.5, 0.6) is 5.75 Å². The number of aliphatic hydroxyl groups is 1. The van der Waals surface area contributed by atoms with Gasteiger partial charge in [0.25, 0.3) is 5.91 Å². The summed E-state index contributed by atoms with van der Waals surface area (Å²) in [5.41, 5.74) is 6.32. The third-order valence-corrected chi connectivity index (χ3v) is 6.36. The molecule has 2 aromatic carbocycles. The molecule has 1 saturated carbocycles. The van der Waals surface area contributed by atoms with Crippen LogP contribution >= 0.6 is 15.9 Å². The molecule has 1 heterocycles. The monoisotopic (exact) mass is 513 g/mol. The summed E-state index contributed by atoms with van der Waals surface area (Å²) in [6, 6.07) is 15.4. The van der Waals surface area contributed by atoms with E-state index >= 15 is 0 Å². The molecule has 1 fully saturated rings. The Morgan fingerprint density at radius 2 is 2.03 bits per heavy atom. The molecule has 3 N–H and O–H groups in total. The van der Waals surface area contributed by atoms with Crippen LogP contribution in [0.1, 0.15) is 42.9 Å². The van der Waals surface area contributed by atoms with Crippen molar-refractivity contribution in [1.82, 2.24) is 10.9 Å². The summed E-state index contributed by atoms with van der Waals surface area (Å²) < 4.78 is 12.8. The minimum absolute atomic E-state index is 0.0855. The SMILES string of the molecule is C=CC[C@]1(C(=O)NNC2CC2)N=C(c2ccc(OCCCO)cc2)O[C@H]1c1ccccc1Br. The normalized spacial score (nSPS) is 21.8. The van der Waals surface area contributed by atoms with Crippen molar-refractivity contribution in [3.63, 3.8) is 0 Å². The number of aliphatic hydroxyl groups excluding tert-OH is 1. The molecule has 0 radical (unpaired) electrons. The zero-order valence-corrected chi connectivity index (χ0v) is 19.9. The topological polar surface area (TPSA) is 92.2 Å². The Morgan fingerprint density at radius 3 is 2.70 bits per heavy atom. The number of rotatable bonds is 11. The average molecular weight is 514 g/mol. The van der Waals surface area contributed by atoms with Crippen molar-refractivity contribution < 1.29 is 19.4 Å². The molecule has 0 saturated heterocycles. The van der Waals surface area contributed by atoms with E-state index in [4.69, 9.17) is 19.6 Å². The van der Waals surface area contributed by atoms with Crippen molar-refractivity contribution in [3.05, 3.63) is 76.8 Å². The number of halogens is 1. The standard InChI is InChI=1S/C25H28BrN3O4/c1-2-14-25(24(31)29-28-18-10-11-18)22(20-6-3-4-7-21(20)26)33-23(27-25)17-8-12-19(13-9-17)32-16-5-15-30/h2-4,6-9,12-13,18,22,28,30H,1,5,10-11,14-16H2,(H,29,31)/t22-,25-/m0/s1. The Bertz CT molecular complexity index is 1020. The van der Waals surface area contributed by atoms with E-state index < -0.39 is 11.6 Å². The van der Waals surface area contributed by atoms with Crippen LogP contribution in [0.3, 0.4) is 0 Å². The molecule has 2 aromatic rings. The smallest absolute Gasteiger partial charge is 0.266 e. The molecule has 0 spiro atoms. The highest BCUT2D eigenvalue weighted by molar-refractivity contribution is 9.10. The first kappa shape index (κ1) is 23.5. The molecule has 1 amide bonds. The van der Waals surface area contributed by atoms with Crippen LogP contribution in [0.25, 0.3) is 0 Å². The van der Waals surface area contributed by atoms with Crippen molar-refractivity contribution in [2.24, 2.45) is 4.99 Å². The van der Waals surface area contributed by atoms with E-state index in [1.807, 2.05) is 48.5 Å². The molecular weight excluding hydrogens is 486 g/mol. The molecule has 1 aliphatic carbocycles. The Kier molecular flexibility index (Phi) is 7.47. The van der Waals surface area contributed by atoms with Gasteiger partial charge in [0.05, 0.1) is 6.61 Å². The Balaban J connectivity index is 1.66. The number of aliphatic imine (C=N–C) groups is 1. The molecule has 4 rings (SSSR count). The lowest BCUT2D eigenvalue weighted by Crippen LogP contribution is -2.53. The van der Waals surface area contributed by atoms with Crippen LogP contribution in [0.2, 0.25) is 0 Å². The first-order valence-electron chi connectivity index (χ1n) is 11.1. The Hall–Kier alpha value is -2.68. The second-order valence-corrected chi connectivity index (χ2v) is 9.03. The summed E-state index contributed by atoms with van der Waals surface area (Å²) in [7, 11) is 0. The number of nitrogens with one attached hydrogen (secondary N) is 2. The quantitative estimate of drug-likeness (QED) is 0.241. The minimum Gasteiger partial charge on any atom is -0.494 e. The Morgan fingerprint density at radius 1 is 1.27 bits per heavy atom. The van der Waals surface area contributed by atoms with E-state index in [1.165, 1.54) is 0 Å². The number of amides is 1. The number of nitrogens with zero attached hydrogens (tertiary/aromatic N) is 1. The lowest BCUT2D eigenvalue weighted by Gasteiger charge is -2.30. The molecule has 33 heavy (non-hydrogen) atoms.